The van der Waals surface area contributed by atoms with Gasteiger partial charge in [-0.2, -0.15) is 0 Å². The van der Waals surface area contributed by atoms with Crippen molar-refractivity contribution < 1.29 is 4.79 Å². The predicted octanol–water partition coefficient (Wildman–Crippen LogP) is 0.857. The molecular weight excluding hydrogens is 214 g/mol. The number of hydrogen-bond donors (Lipinski definition) is 2. The Labute approximate surface area is 104 Å². The van der Waals surface area contributed by atoms with Crippen LogP contribution in [0, 0.1) is 0 Å². The number of hydrogen-bond acceptors (Lipinski definition) is 3. The summed E-state index contributed by atoms with van der Waals surface area (Å²) < 4.78 is 0. The zero-order valence-corrected chi connectivity index (χ0v) is 10.8. The first-order chi connectivity index (χ1) is 8.20. The molecule has 2 fully saturated rings. The van der Waals surface area contributed by atoms with E-state index < -0.39 is 0 Å². The van der Waals surface area contributed by atoms with Crippen LogP contribution in [-0.4, -0.2) is 42.0 Å². The third-order valence-electron chi connectivity index (χ3n) is 4.11. The Morgan fingerprint density at radius 1 is 1.29 bits per heavy atom. The number of nitrogens with zero attached hydrogens (tertiary/aromatic N) is 1. The Hall–Kier alpha value is -0.610. The Balaban J connectivity index is 2.08. The number of carbonyl (C=O) groups is 1. The summed E-state index contributed by atoms with van der Waals surface area (Å²) in [5.74, 6) is 0.218. The molecule has 0 aromatic rings. The van der Waals surface area contributed by atoms with Crippen LogP contribution in [0.4, 0.5) is 0 Å². The van der Waals surface area contributed by atoms with Crippen molar-refractivity contribution in [3.63, 3.8) is 0 Å². The van der Waals surface area contributed by atoms with Crippen LogP contribution in [-0.2, 0) is 4.79 Å². The van der Waals surface area contributed by atoms with Crippen molar-refractivity contribution in [2.45, 2.75) is 63.6 Å². The van der Waals surface area contributed by atoms with Crippen molar-refractivity contribution in [3.05, 3.63) is 0 Å². The van der Waals surface area contributed by atoms with E-state index in [1.54, 1.807) is 0 Å². The lowest BCUT2D eigenvalue weighted by atomic mass is 9.93. The second-order valence-corrected chi connectivity index (χ2v) is 5.46. The van der Waals surface area contributed by atoms with Crippen LogP contribution >= 0.6 is 0 Å². The van der Waals surface area contributed by atoms with E-state index in [1.165, 1.54) is 12.8 Å². The van der Waals surface area contributed by atoms with Crippen LogP contribution in [0.3, 0.4) is 0 Å². The Bertz CT molecular complexity index is 267. The molecule has 0 aromatic heterocycles. The van der Waals surface area contributed by atoms with Gasteiger partial charge < -0.3 is 11.1 Å². The van der Waals surface area contributed by atoms with Crippen molar-refractivity contribution in [2.75, 3.05) is 13.1 Å². The van der Waals surface area contributed by atoms with Crippen LogP contribution in [0.5, 0.6) is 0 Å². The first-order valence-electron chi connectivity index (χ1n) is 6.99. The molecular formula is C13H25N3O. The van der Waals surface area contributed by atoms with Gasteiger partial charge in [-0.15, -0.1) is 0 Å². The lowest BCUT2D eigenvalue weighted by Gasteiger charge is -2.42. The fraction of sp³-hybridized carbons (Fsp3) is 0.923. The number of nitrogens with two attached hydrogens (primary N) is 1. The lowest BCUT2D eigenvalue weighted by molar-refractivity contribution is -0.128. The smallest absolute Gasteiger partial charge is 0.237 e. The number of carbonyl (C=O) groups excluding carboxylic acids is 1. The second-order valence-electron chi connectivity index (χ2n) is 5.46. The third kappa shape index (κ3) is 2.99. The van der Waals surface area contributed by atoms with E-state index in [0.29, 0.717) is 6.04 Å². The number of amides is 1. The van der Waals surface area contributed by atoms with Crippen LogP contribution in [0.1, 0.15) is 45.4 Å². The van der Waals surface area contributed by atoms with Crippen LogP contribution in [0.25, 0.3) is 0 Å². The zero-order chi connectivity index (χ0) is 12.3. The minimum Gasteiger partial charge on any atom is -0.355 e. The van der Waals surface area contributed by atoms with Crippen molar-refractivity contribution in [1.29, 1.82) is 0 Å². The number of piperidine rings is 1. The maximum absolute atomic E-state index is 12.1. The standard InChI is InChI=1S/C13H25N3O/c1-10(14)11-6-3-5-9-16(11)12-7-2-4-8-15-13(12)17/h10-12H,2-9,14H2,1H3,(H,15,17). The molecule has 4 heteroatoms. The molecule has 0 spiro atoms. The van der Waals surface area contributed by atoms with E-state index in [1.807, 2.05) is 0 Å². The van der Waals surface area contributed by atoms with Gasteiger partial charge in [-0.1, -0.05) is 6.42 Å². The Morgan fingerprint density at radius 3 is 2.82 bits per heavy atom. The first-order valence-corrected chi connectivity index (χ1v) is 6.99. The highest BCUT2D eigenvalue weighted by molar-refractivity contribution is 5.82. The van der Waals surface area contributed by atoms with Gasteiger partial charge in [-0.3, -0.25) is 9.69 Å². The van der Waals surface area contributed by atoms with Gasteiger partial charge in [-0.05, 0) is 45.6 Å². The Morgan fingerprint density at radius 2 is 2.06 bits per heavy atom. The van der Waals surface area contributed by atoms with Gasteiger partial charge in [0.25, 0.3) is 0 Å². The fourth-order valence-corrected chi connectivity index (χ4v) is 3.17. The summed E-state index contributed by atoms with van der Waals surface area (Å²) in [5.41, 5.74) is 6.08. The molecule has 2 saturated heterocycles. The minimum atomic E-state index is 0.0637. The monoisotopic (exact) mass is 239 g/mol. The number of nitrogens with one attached hydrogen (secondary N) is 1. The third-order valence-corrected chi connectivity index (χ3v) is 4.11. The van der Waals surface area contributed by atoms with Gasteiger partial charge in [0.2, 0.25) is 5.91 Å². The van der Waals surface area contributed by atoms with Crippen LogP contribution in [0.15, 0.2) is 0 Å². The zero-order valence-electron chi connectivity index (χ0n) is 10.8. The molecule has 3 unspecified atom stereocenters. The van der Waals surface area contributed by atoms with E-state index in [9.17, 15) is 4.79 Å². The number of rotatable bonds is 2. The molecule has 17 heavy (non-hydrogen) atoms. The van der Waals surface area contributed by atoms with Crippen molar-refractivity contribution in [1.82, 2.24) is 10.2 Å². The molecule has 0 aromatic carbocycles. The largest absolute Gasteiger partial charge is 0.355 e. The van der Waals surface area contributed by atoms with Gasteiger partial charge >= 0.3 is 0 Å². The van der Waals surface area contributed by atoms with E-state index in [4.69, 9.17) is 5.73 Å². The molecule has 2 heterocycles. The summed E-state index contributed by atoms with van der Waals surface area (Å²) in [6, 6.07) is 0.609. The fourth-order valence-electron chi connectivity index (χ4n) is 3.17. The minimum absolute atomic E-state index is 0.0637. The first kappa shape index (κ1) is 12.8. The molecule has 4 nitrogen and oxygen atoms in total. The second kappa shape index (κ2) is 5.83. The van der Waals surface area contributed by atoms with Gasteiger partial charge in [0.05, 0.1) is 6.04 Å². The number of likely N-dealkylation sites (tertiary alicyclic amines) is 1. The summed E-state index contributed by atoms with van der Waals surface area (Å²) in [5, 5.41) is 3.03. The molecule has 2 aliphatic rings. The molecule has 0 aliphatic carbocycles. The van der Waals surface area contributed by atoms with E-state index in [2.05, 4.69) is 17.1 Å². The van der Waals surface area contributed by atoms with Crippen molar-refractivity contribution in [2.24, 2.45) is 5.73 Å². The topological polar surface area (TPSA) is 58.4 Å². The predicted molar refractivity (Wildman–Crippen MR) is 68.6 cm³/mol. The highest BCUT2D eigenvalue weighted by atomic mass is 16.2. The molecule has 0 radical (unpaired) electrons. The molecule has 0 bridgehead atoms. The van der Waals surface area contributed by atoms with E-state index >= 15 is 0 Å². The van der Waals surface area contributed by atoms with Gasteiger partial charge in [0.15, 0.2) is 0 Å². The highest BCUT2D eigenvalue weighted by Crippen LogP contribution is 2.24. The average molecular weight is 239 g/mol. The van der Waals surface area contributed by atoms with Gasteiger partial charge in [0, 0.05) is 18.6 Å². The summed E-state index contributed by atoms with van der Waals surface area (Å²) in [4.78, 5) is 14.5. The Kier molecular flexibility index (Phi) is 4.40. The van der Waals surface area contributed by atoms with Crippen LogP contribution < -0.4 is 11.1 Å². The van der Waals surface area contributed by atoms with Gasteiger partial charge in [-0.25, -0.2) is 0 Å². The molecule has 0 saturated carbocycles. The van der Waals surface area contributed by atoms with Gasteiger partial charge in [0.1, 0.15) is 0 Å². The maximum Gasteiger partial charge on any atom is 0.237 e. The summed E-state index contributed by atoms with van der Waals surface area (Å²) in [7, 11) is 0. The average Bonchev–Trinajstić information content (AvgIpc) is 2.54. The summed E-state index contributed by atoms with van der Waals surface area (Å²) in [6.07, 6.45) is 6.84. The molecule has 3 N–H and O–H groups in total. The van der Waals surface area contributed by atoms with Crippen molar-refractivity contribution >= 4 is 5.91 Å². The molecule has 3 atom stereocenters. The molecule has 98 valence electrons. The quantitative estimate of drug-likeness (QED) is 0.751. The van der Waals surface area contributed by atoms with E-state index in [-0.39, 0.29) is 18.0 Å². The highest BCUT2D eigenvalue weighted by Gasteiger charge is 2.35. The maximum atomic E-state index is 12.1. The summed E-state index contributed by atoms with van der Waals surface area (Å²) in [6.45, 7) is 3.94. The van der Waals surface area contributed by atoms with Crippen LogP contribution in [0.2, 0.25) is 0 Å². The molecule has 1 amide bonds. The molecule has 2 rings (SSSR count). The SMILES string of the molecule is CC(N)C1CCCCN1C1CCCCNC1=O. The normalized spacial score (nSPS) is 33.9. The molecule has 2 aliphatic heterocycles. The van der Waals surface area contributed by atoms with Crippen molar-refractivity contribution in [3.8, 4) is 0 Å². The van der Waals surface area contributed by atoms with E-state index in [0.717, 1.165) is 38.8 Å². The summed E-state index contributed by atoms with van der Waals surface area (Å²) >= 11 is 0. The lowest BCUT2D eigenvalue weighted by Crippen LogP contribution is -2.57.